The van der Waals surface area contributed by atoms with Crippen molar-refractivity contribution in [3.63, 3.8) is 0 Å². The Labute approximate surface area is 149 Å². The van der Waals surface area contributed by atoms with Gasteiger partial charge in [0, 0.05) is 0 Å². The van der Waals surface area contributed by atoms with Crippen molar-refractivity contribution in [1.29, 1.82) is 0 Å². The summed E-state index contributed by atoms with van der Waals surface area (Å²) in [6.07, 6.45) is -1.75. The molecule has 0 spiro atoms. The third-order valence-corrected chi connectivity index (χ3v) is 3.15. The van der Waals surface area contributed by atoms with E-state index in [-0.39, 0.29) is 11.1 Å². The highest BCUT2D eigenvalue weighted by Crippen LogP contribution is 2.13. The van der Waals surface area contributed by atoms with Crippen molar-refractivity contribution in [3.05, 3.63) is 59.7 Å². The zero-order valence-corrected chi connectivity index (χ0v) is 14.2. The molecule has 2 atom stereocenters. The maximum absolute atomic E-state index is 12.1. The number of aliphatic carboxylic acids is 2. The molecule has 138 valence electrons. The minimum atomic E-state index is -2.24. The molecule has 1 aromatic carbocycles. The van der Waals surface area contributed by atoms with Gasteiger partial charge in [0.2, 0.25) is 12.2 Å². The highest BCUT2D eigenvalue weighted by molar-refractivity contribution is 5.95. The largest absolute Gasteiger partial charge is 0.478 e. The molecule has 0 aromatic heterocycles. The number of hydrogen-bond donors (Lipinski definition) is 2. The molecule has 1 rings (SSSR count). The number of esters is 2. The Hall–Kier alpha value is -3.42. The summed E-state index contributed by atoms with van der Waals surface area (Å²) in [7, 11) is 0. The number of allylic oxidation sites excluding steroid dienone is 1. The molecule has 2 N–H and O–H groups in total. The summed E-state index contributed by atoms with van der Waals surface area (Å²) in [5, 5.41) is 18.4. The lowest BCUT2D eigenvalue weighted by Gasteiger charge is -2.21. The second kappa shape index (κ2) is 9.16. The van der Waals surface area contributed by atoms with Gasteiger partial charge in [-0.3, -0.25) is 0 Å². The number of carboxylic acids is 2. The molecule has 0 bridgehead atoms. The van der Waals surface area contributed by atoms with Crippen molar-refractivity contribution in [1.82, 2.24) is 0 Å². The number of ether oxygens (including phenoxy) is 2. The molecule has 0 amide bonds. The lowest BCUT2D eigenvalue weighted by molar-refractivity contribution is -0.176. The summed E-state index contributed by atoms with van der Waals surface area (Å²) in [4.78, 5) is 46.6. The Bertz CT molecular complexity index is 745. The van der Waals surface area contributed by atoms with Crippen LogP contribution in [0.2, 0.25) is 0 Å². The predicted octanol–water partition coefficient (Wildman–Crippen LogP) is 1.73. The summed E-state index contributed by atoms with van der Waals surface area (Å²) in [6, 6.07) is 5.99. The number of carboxylic acid groups (broad SMARTS) is 2. The van der Waals surface area contributed by atoms with Crippen LogP contribution in [0.5, 0.6) is 0 Å². The first-order valence-corrected chi connectivity index (χ1v) is 7.43. The Kier molecular flexibility index (Phi) is 7.27. The standard InChI is InChI=1S/C18H18O8/c1-4-5-11(3)17(23)25-13(15(19)20)14(16(21)22)26-18(24)12-8-6-10(2)7-9-12/h4-9,13-14H,3H2,1-2H3,(H,19,20)(H,21,22). The number of carbonyl (C=O) groups is 4. The van der Waals surface area contributed by atoms with Crippen LogP contribution >= 0.6 is 0 Å². The molecule has 0 saturated carbocycles. The predicted molar refractivity (Wildman–Crippen MR) is 89.5 cm³/mol. The van der Waals surface area contributed by atoms with Gasteiger partial charge in [-0.1, -0.05) is 36.4 Å². The topological polar surface area (TPSA) is 127 Å². The second-order valence-electron chi connectivity index (χ2n) is 5.22. The highest BCUT2D eigenvalue weighted by atomic mass is 16.6. The number of carbonyl (C=O) groups excluding carboxylic acids is 2. The minimum Gasteiger partial charge on any atom is -0.478 e. The fraction of sp³-hybridized carbons (Fsp3) is 0.222. The van der Waals surface area contributed by atoms with E-state index in [1.807, 2.05) is 0 Å². The zero-order chi connectivity index (χ0) is 19.9. The molecule has 26 heavy (non-hydrogen) atoms. The third kappa shape index (κ3) is 5.59. The smallest absolute Gasteiger partial charge is 0.349 e. The number of aryl methyl sites for hydroxylation is 1. The van der Waals surface area contributed by atoms with Crippen LogP contribution in [0.25, 0.3) is 0 Å². The Balaban J connectivity index is 3.02. The van der Waals surface area contributed by atoms with Crippen LogP contribution in [0.3, 0.4) is 0 Å². The first-order valence-electron chi connectivity index (χ1n) is 7.43. The van der Waals surface area contributed by atoms with Crippen molar-refractivity contribution >= 4 is 23.9 Å². The lowest BCUT2D eigenvalue weighted by atomic mass is 10.1. The molecule has 0 saturated heterocycles. The fourth-order valence-electron chi connectivity index (χ4n) is 1.82. The van der Waals surface area contributed by atoms with E-state index >= 15 is 0 Å². The summed E-state index contributed by atoms with van der Waals surface area (Å²) in [6.45, 7) is 6.75. The van der Waals surface area contributed by atoms with Crippen molar-refractivity contribution in [3.8, 4) is 0 Å². The van der Waals surface area contributed by atoms with Crippen LogP contribution in [0.15, 0.2) is 48.6 Å². The zero-order valence-electron chi connectivity index (χ0n) is 14.2. The van der Waals surface area contributed by atoms with E-state index in [4.69, 9.17) is 4.74 Å². The molecule has 8 heteroatoms. The molecular formula is C18H18O8. The fourth-order valence-corrected chi connectivity index (χ4v) is 1.82. The van der Waals surface area contributed by atoms with Crippen LogP contribution in [0, 0.1) is 6.92 Å². The molecule has 0 aliphatic heterocycles. The maximum atomic E-state index is 12.1. The van der Waals surface area contributed by atoms with E-state index in [1.165, 1.54) is 24.3 Å². The summed E-state index contributed by atoms with van der Waals surface area (Å²) < 4.78 is 9.42. The molecule has 0 fully saturated rings. The second-order valence-corrected chi connectivity index (χ2v) is 5.22. The molecular weight excluding hydrogens is 344 g/mol. The Morgan fingerprint density at radius 3 is 1.96 bits per heavy atom. The molecule has 0 heterocycles. The van der Waals surface area contributed by atoms with Crippen LogP contribution in [-0.2, 0) is 23.9 Å². The summed E-state index contributed by atoms with van der Waals surface area (Å²) in [5.41, 5.74) is 0.694. The van der Waals surface area contributed by atoms with E-state index in [2.05, 4.69) is 11.3 Å². The lowest BCUT2D eigenvalue weighted by Crippen LogP contribution is -2.46. The van der Waals surface area contributed by atoms with Crippen LogP contribution in [-0.4, -0.2) is 46.3 Å². The van der Waals surface area contributed by atoms with Gasteiger partial charge in [-0.05, 0) is 26.0 Å². The number of benzene rings is 1. The van der Waals surface area contributed by atoms with Gasteiger partial charge < -0.3 is 19.7 Å². The SMILES string of the molecule is C=C(C=CC)C(=O)OC(C(=O)O)C(OC(=O)c1ccc(C)cc1)C(=O)O. The molecule has 0 aliphatic rings. The minimum absolute atomic E-state index is 0.0237. The van der Waals surface area contributed by atoms with Gasteiger partial charge in [-0.25, -0.2) is 19.2 Å². The summed E-state index contributed by atoms with van der Waals surface area (Å²) in [5.74, 6) is -5.77. The molecule has 0 radical (unpaired) electrons. The number of rotatable bonds is 8. The van der Waals surface area contributed by atoms with Crippen LogP contribution in [0.1, 0.15) is 22.8 Å². The van der Waals surface area contributed by atoms with E-state index in [0.717, 1.165) is 5.56 Å². The van der Waals surface area contributed by atoms with Crippen molar-refractivity contribution in [2.75, 3.05) is 0 Å². The monoisotopic (exact) mass is 362 g/mol. The van der Waals surface area contributed by atoms with Crippen molar-refractivity contribution < 1.29 is 38.9 Å². The van der Waals surface area contributed by atoms with E-state index in [0.29, 0.717) is 0 Å². The van der Waals surface area contributed by atoms with E-state index in [9.17, 15) is 29.4 Å². The molecule has 0 aliphatic carbocycles. The number of hydrogen-bond acceptors (Lipinski definition) is 6. The normalized spacial score (nSPS) is 12.8. The van der Waals surface area contributed by atoms with E-state index < -0.39 is 36.1 Å². The highest BCUT2D eigenvalue weighted by Gasteiger charge is 2.40. The van der Waals surface area contributed by atoms with Crippen molar-refractivity contribution in [2.24, 2.45) is 0 Å². The average Bonchev–Trinajstić information content (AvgIpc) is 2.57. The summed E-state index contributed by atoms with van der Waals surface area (Å²) >= 11 is 0. The van der Waals surface area contributed by atoms with E-state index in [1.54, 1.807) is 26.0 Å². The molecule has 1 aromatic rings. The third-order valence-electron chi connectivity index (χ3n) is 3.15. The quantitative estimate of drug-likeness (QED) is 0.407. The first kappa shape index (κ1) is 20.6. The van der Waals surface area contributed by atoms with Gasteiger partial charge in [0.25, 0.3) is 0 Å². The van der Waals surface area contributed by atoms with Gasteiger partial charge in [0.15, 0.2) is 0 Å². The van der Waals surface area contributed by atoms with Gasteiger partial charge in [-0.15, -0.1) is 0 Å². The molecule has 2 unspecified atom stereocenters. The van der Waals surface area contributed by atoms with Gasteiger partial charge in [-0.2, -0.15) is 0 Å². The Morgan fingerprint density at radius 2 is 1.50 bits per heavy atom. The van der Waals surface area contributed by atoms with Gasteiger partial charge >= 0.3 is 23.9 Å². The maximum Gasteiger partial charge on any atom is 0.349 e. The Morgan fingerprint density at radius 1 is 1.00 bits per heavy atom. The van der Waals surface area contributed by atoms with Gasteiger partial charge in [0.1, 0.15) is 0 Å². The van der Waals surface area contributed by atoms with Gasteiger partial charge in [0.05, 0.1) is 11.1 Å². The van der Waals surface area contributed by atoms with Crippen LogP contribution < -0.4 is 0 Å². The van der Waals surface area contributed by atoms with Crippen LogP contribution in [0.4, 0.5) is 0 Å². The molecule has 8 nitrogen and oxygen atoms in total. The first-order chi connectivity index (χ1) is 12.2. The average molecular weight is 362 g/mol. The van der Waals surface area contributed by atoms with Crippen molar-refractivity contribution in [2.45, 2.75) is 26.1 Å².